The van der Waals surface area contributed by atoms with Gasteiger partial charge in [0.05, 0.1) is 6.04 Å². The molecule has 0 radical (unpaired) electrons. The molecule has 1 aliphatic rings. The van der Waals surface area contributed by atoms with Crippen LogP contribution in [0.3, 0.4) is 0 Å². The number of likely N-dealkylation sites (N-methyl/N-ethyl adjacent to an activating group) is 1. The van der Waals surface area contributed by atoms with Crippen LogP contribution in [-0.2, 0) is 4.79 Å². The van der Waals surface area contributed by atoms with Gasteiger partial charge in [0.1, 0.15) is 12.4 Å². The average molecular weight is 276 g/mol. The maximum absolute atomic E-state index is 12.1. The number of aryl methyl sites for hydroxylation is 1. The molecule has 0 saturated carbocycles. The predicted molar refractivity (Wildman–Crippen MR) is 80.0 cm³/mol. The lowest BCUT2D eigenvalue weighted by Gasteiger charge is -2.25. The molecule has 110 valence electrons. The number of carbonyl (C=O) groups is 1. The van der Waals surface area contributed by atoms with Gasteiger partial charge in [0.15, 0.2) is 0 Å². The lowest BCUT2D eigenvalue weighted by Crippen LogP contribution is -2.44. The Morgan fingerprint density at radius 3 is 2.70 bits per heavy atom. The Balaban J connectivity index is 1.81. The van der Waals surface area contributed by atoms with Gasteiger partial charge < -0.3 is 9.64 Å². The van der Waals surface area contributed by atoms with Gasteiger partial charge in [-0.1, -0.05) is 17.7 Å². The summed E-state index contributed by atoms with van der Waals surface area (Å²) in [4.78, 5) is 16.0. The molecule has 0 aliphatic carbocycles. The SMILES string of the molecule is Cc1ccc(OCCN2CCCC2C(=O)N(C)C)cc1. The highest BCUT2D eigenvalue weighted by Crippen LogP contribution is 2.18. The van der Waals surface area contributed by atoms with Gasteiger partial charge in [0, 0.05) is 20.6 Å². The standard InChI is InChI=1S/C16H24N2O2/c1-13-6-8-14(9-7-13)20-12-11-18-10-4-5-15(18)16(19)17(2)3/h6-9,15H,4-5,10-12H2,1-3H3. The Hall–Kier alpha value is -1.55. The number of carbonyl (C=O) groups excluding carboxylic acids is 1. The van der Waals surface area contributed by atoms with Crippen LogP contribution in [0.25, 0.3) is 0 Å². The van der Waals surface area contributed by atoms with Crippen LogP contribution < -0.4 is 4.74 Å². The summed E-state index contributed by atoms with van der Waals surface area (Å²) in [5.41, 5.74) is 1.23. The van der Waals surface area contributed by atoms with Crippen molar-refractivity contribution in [2.75, 3.05) is 33.8 Å². The minimum atomic E-state index is 0.0339. The van der Waals surface area contributed by atoms with Gasteiger partial charge in [-0.05, 0) is 38.4 Å². The molecule has 1 aromatic rings. The molecule has 4 heteroatoms. The summed E-state index contributed by atoms with van der Waals surface area (Å²) >= 11 is 0. The van der Waals surface area contributed by atoms with Crippen molar-refractivity contribution in [1.82, 2.24) is 9.80 Å². The van der Waals surface area contributed by atoms with Crippen LogP contribution >= 0.6 is 0 Å². The van der Waals surface area contributed by atoms with Crippen molar-refractivity contribution in [3.8, 4) is 5.75 Å². The third-order valence-electron chi connectivity index (χ3n) is 3.76. The zero-order valence-electron chi connectivity index (χ0n) is 12.6. The van der Waals surface area contributed by atoms with Crippen LogP contribution in [0.5, 0.6) is 5.75 Å². The van der Waals surface area contributed by atoms with Crippen molar-refractivity contribution in [1.29, 1.82) is 0 Å². The lowest BCUT2D eigenvalue weighted by atomic mass is 10.2. The Morgan fingerprint density at radius 2 is 2.05 bits per heavy atom. The van der Waals surface area contributed by atoms with E-state index < -0.39 is 0 Å². The van der Waals surface area contributed by atoms with Crippen molar-refractivity contribution in [3.63, 3.8) is 0 Å². The topological polar surface area (TPSA) is 32.8 Å². The fraction of sp³-hybridized carbons (Fsp3) is 0.562. The monoisotopic (exact) mass is 276 g/mol. The van der Waals surface area contributed by atoms with E-state index in [4.69, 9.17) is 4.74 Å². The number of amides is 1. The average Bonchev–Trinajstić information content (AvgIpc) is 2.88. The molecule has 20 heavy (non-hydrogen) atoms. The molecule has 0 aromatic heterocycles. The van der Waals surface area contributed by atoms with E-state index in [9.17, 15) is 4.79 Å². The second-order valence-electron chi connectivity index (χ2n) is 5.59. The van der Waals surface area contributed by atoms with Gasteiger partial charge in [-0.15, -0.1) is 0 Å². The quantitative estimate of drug-likeness (QED) is 0.824. The molecular weight excluding hydrogens is 252 g/mol. The molecule has 1 aromatic carbocycles. The van der Waals surface area contributed by atoms with Gasteiger partial charge in [-0.3, -0.25) is 9.69 Å². The van der Waals surface area contributed by atoms with E-state index in [-0.39, 0.29) is 11.9 Å². The Bertz CT molecular complexity index is 442. The second kappa shape index (κ2) is 6.75. The van der Waals surface area contributed by atoms with Crippen molar-refractivity contribution >= 4 is 5.91 Å². The minimum Gasteiger partial charge on any atom is -0.492 e. The molecule has 2 rings (SSSR count). The van der Waals surface area contributed by atoms with Crippen molar-refractivity contribution in [2.24, 2.45) is 0 Å². The molecule has 0 spiro atoms. The molecular formula is C16H24N2O2. The molecule has 1 fully saturated rings. The van der Waals surface area contributed by atoms with E-state index in [0.29, 0.717) is 6.61 Å². The maximum Gasteiger partial charge on any atom is 0.239 e. The summed E-state index contributed by atoms with van der Waals surface area (Å²) in [5, 5.41) is 0. The first-order chi connectivity index (χ1) is 9.58. The molecule has 4 nitrogen and oxygen atoms in total. The van der Waals surface area contributed by atoms with Gasteiger partial charge in [0.2, 0.25) is 5.91 Å². The molecule has 0 bridgehead atoms. The Morgan fingerprint density at radius 1 is 1.35 bits per heavy atom. The van der Waals surface area contributed by atoms with Crippen LogP contribution in [0.2, 0.25) is 0 Å². The van der Waals surface area contributed by atoms with E-state index in [1.165, 1.54) is 5.56 Å². The molecule has 1 atom stereocenters. The zero-order chi connectivity index (χ0) is 14.5. The molecule has 1 aliphatic heterocycles. The predicted octanol–water partition coefficient (Wildman–Crippen LogP) is 1.93. The van der Waals surface area contributed by atoms with E-state index in [1.54, 1.807) is 4.90 Å². The van der Waals surface area contributed by atoms with E-state index in [1.807, 2.05) is 38.4 Å². The Labute approximate surface area is 121 Å². The van der Waals surface area contributed by atoms with Crippen LogP contribution in [0, 0.1) is 6.92 Å². The fourth-order valence-electron chi connectivity index (χ4n) is 2.59. The number of likely N-dealkylation sites (tertiary alicyclic amines) is 1. The van der Waals surface area contributed by atoms with E-state index in [0.717, 1.165) is 31.7 Å². The zero-order valence-corrected chi connectivity index (χ0v) is 12.6. The Kier molecular flexibility index (Phi) is 5.01. The van der Waals surface area contributed by atoms with Crippen molar-refractivity contribution < 1.29 is 9.53 Å². The van der Waals surface area contributed by atoms with Crippen molar-refractivity contribution in [3.05, 3.63) is 29.8 Å². The van der Waals surface area contributed by atoms with E-state index >= 15 is 0 Å². The third kappa shape index (κ3) is 3.73. The van der Waals surface area contributed by atoms with Crippen LogP contribution in [0.4, 0.5) is 0 Å². The number of benzene rings is 1. The largest absolute Gasteiger partial charge is 0.492 e. The van der Waals surface area contributed by atoms with Gasteiger partial charge in [-0.2, -0.15) is 0 Å². The minimum absolute atomic E-state index is 0.0339. The van der Waals surface area contributed by atoms with E-state index in [2.05, 4.69) is 11.8 Å². The molecule has 1 unspecified atom stereocenters. The molecule has 1 amide bonds. The summed E-state index contributed by atoms with van der Waals surface area (Å²) < 4.78 is 5.74. The summed E-state index contributed by atoms with van der Waals surface area (Å²) in [6.07, 6.45) is 2.05. The normalized spacial score (nSPS) is 19.1. The van der Waals surface area contributed by atoms with Crippen molar-refractivity contribution in [2.45, 2.75) is 25.8 Å². The number of rotatable bonds is 5. The van der Waals surface area contributed by atoms with Gasteiger partial charge in [0.25, 0.3) is 0 Å². The highest BCUT2D eigenvalue weighted by atomic mass is 16.5. The van der Waals surface area contributed by atoms with Gasteiger partial charge >= 0.3 is 0 Å². The summed E-state index contributed by atoms with van der Waals surface area (Å²) in [7, 11) is 3.64. The molecule has 0 N–H and O–H groups in total. The van der Waals surface area contributed by atoms with Crippen LogP contribution in [0.15, 0.2) is 24.3 Å². The number of nitrogens with zero attached hydrogens (tertiary/aromatic N) is 2. The van der Waals surface area contributed by atoms with Gasteiger partial charge in [-0.25, -0.2) is 0 Å². The maximum atomic E-state index is 12.1. The number of hydrogen-bond acceptors (Lipinski definition) is 3. The number of hydrogen-bond donors (Lipinski definition) is 0. The first kappa shape index (κ1) is 14.9. The lowest BCUT2D eigenvalue weighted by molar-refractivity contribution is -0.133. The fourth-order valence-corrected chi connectivity index (χ4v) is 2.59. The highest BCUT2D eigenvalue weighted by molar-refractivity contribution is 5.81. The first-order valence-electron chi connectivity index (χ1n) is 7.22. The summed E-state index contributed by atoms with van der Waals surface area (Å²) in [5.74, 6) is 1.10. The first-order valence-corrected chi connectivity index (χ1v) is 7.22. The third-order valence-corrected chi connectivity index (χ3v) is 3.76. The molecule has 1 heterocycles. The summed E-state index contributed by atoms with van der Waals surface area (Å²) in [6, 6.07) is 8.10. The smallest absolute Gasteiger partial charge is 0.239 e. The second-order valence-corrected chi connectivity index (χ2v) is 5.59. The summed E-state index contributed by atoms with van der Waals surface area (Å²) in [6.45, 7) is 4.48. The van der Waals surface area contributed by atoms with Crippen LogP contribution in [-0.4, -0.2) is 55.5 Å². The molecule has 1 saturated heterocycles. The highest BCUT2D eigenvalue weighted by Gasteiger charge is 2.31. The van der Waals surface area contributed by atoms with Crippen LogP contribution in [0.1, 0.15) is 18.4 Å². The number of ether oxygens (including phenoxy) is 1.